The molecule has 0 aliphatic heterocycles. The number of hydrogen-bond acceptors (Lipinski definition) is 4. The summed E-state index contributed by atoms with van der Waals surface area (Å²) in [6.45, 7) is 3.52. The van der Waals surface area contributed by atoms with E-state index in [1.807, 2.05) is 24.3 Å². The fourth-order valence-electron chi connectivity index (χ4n) is 1.65. The number of nitriles is 4. The summed E-state index contributed by atoms with van der Waals surface area (Å²) in [7, 11) is 0. The van der Waals surface area contributed by atoms with Crippen LogP contribution >= 0.6 is 0 Å². The molecule has 0 aromatic heterocycles. The predicted molar refractivity (Wildman–Crippen MR) is 64.4 cm³/mol. The molecule has 0 saturated carbocycles. The number of benzene rings is 1. The van der Waals surface area contributed by atoms with E-state index in [0.29, 0.717) is 10.4 Å². The van der Waals surface area contributed by atoms with Crippen molar-refractivity contribution < 1.29 is 0 Å². The average molecular weight is 232 g/mol. The lowest BCUT2D eigenvalue weighted by Crippen LogP contribution is -2.20. The highest BCUT2D eigenvalue weighted by molar-refractivity contribution is 5.75. The molecule has 0 aliphatic carbocycles. The lowest BCUT2D eigenvalue weighted by atomic mass is 10.00. The Labute approximate surface area is 105 Å². The van der Waals surface area contributed by atoms with Crippen molar-refractivity contribution in [2.24, 2.45) is 0 Å². The Kier molecular flexibility index (Phi) is 3.83. The highest BCUT2D eigenvalue weighted by atomic mass is 14.3. The predicted octanol–water partition coefficient (Wildman–Crippen LogP) is 0.699. The van der Waals surface area contributed by atoms with Gasteiger partial charge < -0.3 is 0 Å². The van der Waals surface area contributed by atoms with Gasteiger partial charge >= 0.3 is 0 Å². The van der Waals surface area contributed by atoms with Gasteiger partial charge in [-0.25, -0.2) is 0 Å². The summed E-state index contributed by atoms with van der Waals surface area (Å²) in [5, 5.41) is 36.5. The van der Waals surface area contributed by atoms with E-state index in [1.54, 1.807) is 26.0 Å². The third kappa shape index (κ3) is 2.05. The third-order valence-electron chi connectivity index (χ3n) is 2.77. The highest BCUT2D eigenvalue weighted by Crippen LogP contribution is 1.99. The lowest BCUT2D eigenvalue weighted by Gasteiger charge is -2.02. The molecule has 0 atom stereocenters. The van der Waals surface area contributed by atoms with Crippen molar-refractivity contribution in [2.75, 3.05) is 0 Å². The number of nitrogens with zero attached hydrogens (tertiary/aromatic N) is 4. The van der Waals surface area contributed by atoms with Crippen molar-refractivity contribution >= 4 is 11.1 Å². The van der Waals surface area contributed by atoms with Crippen LogP contribution in [0.1, 0.15) is 11.1 Å². The van der Waals surface area contributed by atoms with E-state index in [0.717, 1.165) is 11.1 Å². The SMILES string of the molecule is Cc1c(C)c(=C(C#N)C#N)ccc1=C(C#N)C#N. The lowest BCUT2D eigenvalue weighted by molar-refractivity contribution is 1.26. The van der Waals surface area contributed by atoms with E-state index in [1.165, 1.54) is 0 Å². The van der Waals surface area contributed by atoms with Gasteiger partial charge in [-0.15, -0.1) is 0 Å². The average Bonchev–Trinajstić information content (AvgIpc) is 2.39. The molecule has 4 nitrogen and oxygen atoms in total. The maximum Gasteiger partial charge on any atom is 0.137 e. The quantitative estimate of drug-likeness (QED) is 0.657. The van der Waals surface area contributed by atoms with Gasteiger partial charge in [0.2, 0.25) is 0 Å². The Morgan fingerprint density at radius 3 is 1.22 bits per heavy atom. The molecule has 84 valence electrons. The fourth-order valence-corrected chi connectivity index (χ4v) is 1.65. The minimum atomic E-state index is 0.0256. The summed E-state index contributed by atoms with van der Waals surface area (Å²) < 4.78 is 0. The molecule has 0 bridgehead atoms. The zero-order chi connectivity index (χ0) is 13.7. The Hall–Kier alpha value is -3.08. The van der Waals surface area contributed by atoms with E-state index in [2.05, 4.69) is 0 Å². The van der Waals surface area contributed by atoms with Crippen molar-refractivity contribution in [3.8, 4) is 24.3 Å². The molecular formula is C14H8N4. The number of hydrogen-bond donors (Lipinski definition) is 0. The molecule has 1 rings (SSSR count). The third-order valence-corrected chi connectivity index (χ3v) is 2.77. The summed E-state index contributed by atoms with van der Waals surface area (Å²) in [5.41, 5.74) is 1.51. The minimum absolute atomic E-state index is 0.0256. The first-order valence-electron chi connectivity index (χ1n) is 5.06. The second-order valence-electron chi connectivity index (χ2n) is 3.61. The summed E-state index contributed by atoms with van der Waals surface area (Å²) in [6, 6.07) is 10.5. The van der Waals surface area contributed by atoms with Crippen LogP contribution in [0.2, 0.25) is 0 Å². The number of rotatable bonds is 0. The van der Waals surface area contributed by atoms with Gasteiger partial charge in [-0.05, 0) is 25.0 Å². The van der Waals surface area contributed by atoms with Crippen LogP contribution in [0.5, 0.6) is 0 Å². The minimum Gasteiger partial charge on any atom is -0.192 e. The van der Waals surface area contributed by atoms with Gasteiger partial charge in [0.05, 0.1) is 0 Å². The smallest absolute Gasteiger partial charge is 0.137 e. The monoisotopic (exact) mass is 232 g/mol. The summed E-state index contributed by atoms with van der Waals surface area (Å²) >= 11 is 0. The van der Waals surface area contributed by atoms with Crippen molar-refractivity contribution in [1.82, 2.24) is 0 Å². The topological polar surface area (TPSA) is 95.2 Å². The van der Waals surface area contributed by atoms with Crippen LogP contribution in [0, 0.1) is 59.2 Å². The van der Waals surface area contributed by atoms with Crippen LogP contribution in [0.25, 0.3) is 11.1 Å². The standard InChI is InChI=1S/C14H8N4/c1-9-10(2)14(12(7-17)8-18)4-3-13(9)11(5-15)6-16/h3-4H,1-2H3. The van der Waals surface area contributed by atoms with Gasteiger partial charge in [0.25, 0.3) is 0 Å². The zero-order valence-electron chi connectivity index (χ0n) is 9.94. The zero-order valence-corrected chi connectivity index (χ0v) is 9.94. The molecule has 0 heterocycles. The molecule has 0 spiro atoms. The largest absolute Gasteiger partial charge is 0.192 e. The van der Waals surface area contributed by atoms with Crippen molar-refractivity contribution in [3.63, 3.8) is 0 Å². The Bertz CT molecular complexity index is 686. The van der Waals surface area contributed by atoms with Crippen LogP contribution in [0.4, 0.5) is 0 Å². The van der Waals surface area contributed by atoms with Gasteiger partial charge in [0, 0.05) is 10.4 Å². The molecule has 0 fully saturated rings. The van der Waals surface area contributed by atoms with Gasteiger partial charge in [-0.1, -0.05) is 12.1 Å². The molecule has 0 saturated heterocycles. The Morgan fingerprint density at radius 1 is 0.722 bits per heavy atom. The first-order valence-corrected chi connectivity index (χ1v) is 5.06. The summed E-state index contributed by atoms with van der Waals surface area (Å²) in [6.07, 6.45) is 0. The van der Waals surface area contributed by atoms with Crippen molar-refractivity contribution in [2.45, 2.75) is 13.8 Å². The maximum atomic E-state index is 8.85. The maximum absolute atomic E-state index is 8.85. The normalized spacial score (nSPS) is 8.33. The van der Waals surface area contributed by atoms with Crippen LogP contribution in [-0.4, -0.2) is 0 Å². The van der Waals surface area contributed by atoms with Crippen LogP contribution in [0.3, 0.4) is 0 Å². The molecule has 0 unspecified atom stereocenters. The molecule has 1 aromatic rings. The fraction of sp³-hybridized carbons (Fsp3) is 0.143. The molecule has 0 radical (unpaired) electrons. The van der Waals surface area contributed by atoms with Crippen molar-refractivity contribution in [1.29, 1.82) is 21.0 Å². The van der Waals surface area contributed by atoms with E-state index in [9.17, 15) is 0 Å². The van der Waals surface area contributed by atoms with E-state index in [4.69, 9.17) is 21.0 Å². The summed E-state index contributed by atoms with van der Waals surface area (Å²) in [4.78, 5) is 0. The molecule has 1 aromatic carbocycles. The molecule has 18 heavy (non-hydrogen) atoms. The molecule has 4 heteroatoms. The molecule has 0 N–H and O–H groups in total. The van der Waals surface area contributed by atoms with Crippen molar-refractivity contribution in [3.05, 3.63) is 33.7 Å². The van der Waals surface area contributed by atoms with Gasteiger partial charge in [0.1, 0.15) is 35.4 Å². The van der Waals surface area contributed by atoms with Gasteiger partial charge in [-0.3, -0.25) is 0 Å². The highest BCUT2D eigenvalue weighted by Gasteiger charge is 2.05. The second-order valence-corrected chi connectivity index (χ2v) is 3.61. The van der Waals surface area contributed by atoms with E-state index in [-0.39, 0.29) is 11.1 Å². The van der Waals surface area contributed by atoms with E-state index < -0.39 is 0 Å². The van der Waals surface area contributed by atoms with Crippen LogP contribution in [-0.2, 0) is 0 Å². The first kappa shape index (κ1) is 13.0. The molecule has 0 amide bonds. The van der Waals surface area contributed by atoms with E-state index >= 15 is 0 Å². The summed E-state index contributed by atoms with van der Waals surface area (Å²) in [5.74, 6) is 0. The van der Waals surface area contributed by atoms with Crippen LogP contribution < -0.4 is 10.4 Å². The molecule has 0 aliphatic rings. The van der Waals surface area contributed by atoms with Crippen LogP contribution in [0.15, 0.2) is 12.1 Å². The first-order chi connectivity index (χ1) is 8.60. The Morgan fingerprint density at radius 2 is 1.00 bits per heavy atom. The second kappa shape index (κ2) is 5.31. The van der Waals surface area contributed by atoms with Gasteiger partial charge in [-0.2, -0.15) is 21.0 Å². The van der Waals surface area contributed by atoms with Gasteiger partial charge in [0.15, 0.2) is 0 Å². The Balaban J connectivity index is 3.98. The molecular weight excluding hydrogens is 224 g/mol.